The summed E-state index contributed by atoms with van der Waals surface area (Å²) in [5, 5.41) is 11.6. The summed E-state index contributed by atoms with van der Waals surface area (Å²) in [7, 11) is 0. The van der Waals surface area contributed by atoms with E-state index in [0.29, 0.717) is 17.5 Å². The number of hydrogen-bond donors (Lipinski definition) is 0. The molecule has 11 aromatic carbocycles. The average Bonchev–Trinajstić information content (AvgIpc) is 3.98. The van der Waals surface area contributed by atoms with Crippen molar-refractivity contribution in [2.45, 2.75) is 0 Å². The standard InChI is InChI=1S/C69H41N7/c1-3-22-42(23-4-1)67-70-68(43-24-5-2-6-25-43)72-69(71-67)61-65(74-55-37-16-9-28-46(55)47-29-10-17-38-56(47)74)63(73-53-35-14-7-26-44(53)45-27-8-15-36-54(45)73)60-52-34-21-33-51-50-32-13-20-41-59(50)76(62(51)52)64(60)66(61)75-57-39-18-11-30-48(57)49-31-12-19-40-58(49)75/h1-41H. The Morgan fingerprint density at radius 2 is 0.539 bits per heavy atom. The monoisotopic (exact) mass is 967 g/mol. The Morgan fingerprint density at radius 1 is 0.224 bits per heavy atom. The van der Waals surface area contributed by atoms with Gasteiger partial charge in [0.2, 0.25) is 0 Å². The maximum absolute atomic E-state index is 5.81. The predicted molar refractivity (Wildman–Crippen MR) is 314 cm³/mol. The number of benzene rings is 11. The topological polar surface area (TPSA) is 57.9 Å². The molecule has 352 valence electrons. The maximum atomic E-state index is 5.81. The van der Waals surface area contributed by atoms with Crippen LogP contribution >= 0.6 is 0 Å². The molecule has 6 heterocycles. The van der Waals surface area contributed by atoms with Gasteiger partial charge in [0.1, 0.15) is 0 Å². The van der Waals surface area contributed by atoms with Crippen LogP contribution in [-0.2, 0) is 0 Å². The van der Waals surface area contributed by atoms with Gasteiger partial charge in [0, 0.05) is 65.0 Å². The Bertz CT molecular complexity index is 5010. The Labute approximate surface area is 434 Å². The molecular formula is C69H41N7. The molecule has 17 aromatic rings. The van der Waals surface area contributed by atoms with E-state index in [-0.39, 0.29) is 0 Å². The minimum Gasteiger partial charge on any atom is -0.306 e. The lowest BCUT2D eigenvalue weighted by Crippen LogP contribution is -2.13. The van der Waals surface area contributed by atoms with Crippen LogP contribution in [0, 0.1) is 0 Å². The summed E-state index contributed by atoms with van der Waals surface area (Å²) in [6.07, 6.45) is 0. The average molecular weight is 968 g/mol. The van der Waals surface area contributed by atoms with Gasteiger partial charge >= 0.3 is 0 Å². The SMILES string of the molecule is c1ccc(-c2nc(-c3ccccc3)nc(-c3c(-n4c5ccccc5c5ccccc54)c(-n4c5ccccc5c5ccccc54)c4c5cccc6c7ccccc7n(c4c3-n3c4ccccc4c4ccccc43)c65)n2)cc1. The minimum absolute atomic E-state index is 0.551. The van der Waals surface area contributed by atoms with E-state index in [4.69, 9.17) is 15.0 Å². The van der Waals surface area contributed by atoms with Crippen LogP contribution < -0.4 is 0 Å². The summed E-state index contributed by atoms with van der Waals surface area (Å²) in [5.74, 6) is 1.72. The molecule has 0 unspecified atom stereocenters. The molecule has 17 rings (SSSR count). The second-order valence-corrected chi connectivity index (χ2v) is 19.8. The van der Waals surface area contributed by atoms with Gasteiger partial charge in [0.05, 0.1) is 72.3 Å². The molecule has 0 radical (unpaired) electrons. The van der Waals surface area contributed by atoms with Crippen molar-refractivity contribution in [3.63, 3.8) is 0 Å². The summed E-state index contributed by atoms with van der Waals surface area (Å²) in [5.41, 5.74) is 15.5. The highest BCUT2D eigenvalue weighted by atomic mass is 15.1. The first-order valence-corrected chi connectivity index (χ1v) is 25.9. The maximum Gasteiger partial charge on any atom is 0.168 e. The molecule has 0 spiro atoms. The van der Waals surface area contributed by atoms with E-state index in [9.17, 15) is 0 Å². The summed E-state index contributed by atoms with van der Waals surface area (Å²) in [6.45, 7) is 0. The van der Waals surface area contributed by atoms with Crippen LogP contribution in [0.15, 0.2) is 249 Å². The van der Waals surface area contributed by atoms with Gasteiger partial charge in [0.25, 0.3) is 0 Å². The van der Waals surface area contributed by atoms with Gasteiger partial charge < -0.3 is 18.1 Å². The molecule has 0 aliphatic heterocycles. The number of fused-ring (bicyclic) bond motifs is 15. The molecule has 7 heteroatoms. The third-order valence-electron chi connectivity index (χ3n) is 15.9. The molecule has 7 nitrogen and oxygen atoms in total. The molecule has 0 fully saturated rings. The molecule has 6 aromatic heterocycles. The minimum atomic E-state index is 0.551. The van der Waals surface area contributed by atoms with Gasteiger partial charge in [-0.3, -0.25) is 0 Å². The summed E-state index contributed by atoms with van der Waals surface area (Å²) in [4.78, 5) is 17.0. The Balaban J connectivity index is 1.25. The zero-order valence-corrected chi connectivity index (χ0v) is 40.8. The van der Waals surface area contributed by atoms with Crippen molar-refractivity contribution in [3.05, 3.63) is 249 Å². The summed E-state index contributed by atoms with van der Waals surface area (Å²) >= 11 is 0. The Kier molecular flexibility index (Phi) is 8.43. The smallest absolute Gasteiger partial charge is 0.168 e. The second kappa shape index (κ2) is 15.6. The molecule has 0 atom stereocenters. The molecule has 0 bridgehead atoms. The van der Waals surface area contributed by atoms with E-state index < -0.39 is 0 Å². The van der Waals surface area contributed by atoms with Crippen LogP contribution in [0.2, 0.25) is 0 Å². The largest absolute Gasteiger partial charge is 0.306 e. The third-order valence-corrected chi connectivity index (χ3v) is 15.9. The van der Waals surface area contributed by atoms with E-state index in [0.717, 1.165) is 110 Å². The molecule has 0 saturated heterocycles. The quantitative estimate of drug-likeness (QED) is 0.167. The summed E-state index contributed by atoms with van der Waals surface area (Å²) in [6, 6.07) is 89.7. The van der Waals surface area contributed by atoms with Crippen LogP contribution in [0.1, 0.15) is 0 Å². The number of hydrogen-bond acceptors (Lipinski definition) is 3. The number of aromatic nitrogens is 7. The van der Waals surface area contributed by atoms with Crippen molar-refractivity contribution in [2.24, 2.45) is 0 Å². The third kappa shape index (κ3) is 5.52. The normalized spacial score (nSPS) is 12.2. The van der Waals surface area contributed by atoms with Crippen LogP contribution in [0.5, 0.6) is 0 Å². The first-order chi connectivity index (χ1) is 37.8. The second-order valence-electron chi connectivity index (χ2n) is 19.8. The zero-order valence-electron chi connectivity index (χ0n) is 40.8. The van der Waals surface area contributed by atoms with E-state index in [2.05, 4.69) is 255 Å². The first-order valence-electron chi connectivity index (χ1n) is 25.9. The number of nitrogens with zero attached hydrogens (tertiary/aromatic N) is 7. The molecule has 0 aliphatic rings. The highest BCUT2D eigenvalue weighted by Gasteiger charge is 2.35. The van der Waals surface area contributed by atoms with Crippen molar-refractivity contribution in [1.29, 1.82) is 0 Å². The lowest BCUT2D eigenvalue weighted by molar-refractivity contribution is 1.04. The molecule has 0 saturated carbocycles. The molecule has 0 amide bonds. The van der Waals surface area contributed by atoms with Crippen molar-refractivity contribution < 1.29 is 0 Å². The lowest BCUT2D eigenvalue weighted by atomic mass is 9.98. The van der Waals surface area contributed by atoms with Crippen LogP contribution in [-0.4, -0.2) is 33.1 Å². The Hall–Kier alpha value is -10.4. The fourth-order valence-electron chi connectivity index (χ4n) is 12.9. The van der Waals surface area contributed by atoms with Crippen molar-refractivity contribution in [1.82, 2.24) is 33.1 Å². The van der Waals surface area contributed by atoms with Gasteiger partial charge in [-0.15, -0.1) is 0 Å². The fraction of sp³-hybridized carbons (Fsp3) is 0. The first kappa shape index (κ1) is 41.1. The molecule has 0 aliphatic carbocycles. The van der Waals surface area contributed by atoms with Crippen molar-refractivity contribution in [2.75, 3.05) is 0 Å². The van der Waals surface area contributed by atoms with Crippen molar-refractivity contribution >= 4 is 104 Å². The fourth-order valence-corrected chi connectivity index (χ4v) is 12.9. The van der Waals surface area contributed by atoms with Gasteiger partial charge in [0.15, 0.2) is 17.5 Å². The molecule has 76 heavy (non-hydrogen) atoms. The van der Waals surface area contributed by atoms with E-state index >= 15 is 0 Å². The van der Waals surface area contributed by atoms with Crippen LogP contribution in [0.3, 0.4) is 0 Å². The Morgan fingerprint density at radius 3 is 0.974 bits per heavy atom. The van der Waals surface area contributed by atoms with Crippen LogP contribution in [0.4, 0.5) is 0 Å². The van der Waals surface area contributed by atoms with Crippen molar-refractivity contribution in [3.8, 4) is 51.2 Å². The van der Waals surface area contributed by atoms with Gasteiger partial charge in [-0.1, -0.05) is 206 Å². The van der Waals surface area contributed by atoms with Gasteiger partial charge in [-0.2, -0.15) is 0 Å². The molecular weight excluding hydrogens is 927 g/mol. The van der Waals surface area contributed by atoms with E-state index in [1.54, 1.807) is 0 Å². The predicted octanol–water partition coefficient (Wildman–Crippen LogP) is 17.3. The van der Waals surface area contributed by atoms with E-state index in [1.807, 2.05) is 12.1 Å². The number of para-hydroxylation sites is 8. The highest BCUT2D eigenvalue weighted by Crippen LogP contribution is 2.53. The highest BCUT2D eigenvalue weighted by molar-refractivity contribution is 6.30. The molecule has 0 N–H and O–H groups in total. The van der Waals surface area contributed by atoms with Gasteiger partial charge in [-0.05, 0) is 42.5 Å². The van der Waals surface area contributed by atoms with Crippen LogP contribution in [0.25, 0.3) is 155 Å². The lowest BCUT2D eigenvalue weighted by Gasteiger charge is -2.26. The van der Waals surface area contributed by atoms with E-state index in [1.165, 1.54) is 27.1 Å². The summed E-state index contributed by atoms with van der Waals surface area (Å²) < 4.78 is 10.2. The zero-order chi connectivity index (χ0) is 49.6. The van der Waals surface area contributed by atoms with Gasteiger partial charge in [-0.25, -0.2) is 15.0 Å². The number of rotatable bonds is 6.